The molecule has 0 saturated heterocycles. The van der Waals surface area contributed by atoms with Crippen LogP contribution in [0.25, 0.3) is 0 Å². The maximum atomic E-state index is 13.1. The van der Waals surface area contributed by atoms with Gasteiger partial charge in [0.1, 0.15) is 11.6 Å². The molecule has 0 bridgehead atoms. The molecule has 7 heteroatoms. The van der Waals surface area contributed by atoms with E-state index in [-0.39, 0.29) is 5.02 Å². The first-order chi connectivity index (χ1) is 10.4. The van der Waals surface area contributed by atoms with E-state index >= 15 is 0 Å². The number of hydrogen-bond donors (Lipinski definition) is 2. The number of methoxy groups -OCH3 is 1. The predicted molar refractivity (Wildman–Crippen MR) is 86.8 cm³/mol. The van der Waals surface area contributed by atoms with E-state index in [1.54, 1.807) is 12.1 Å². The van der Waals surface area contributed by atoms with Crippen molar-refractivity contribution in [2.75, 3.05) is 17.7 Å². The van der Waals surface area contributed by atoms with Gasteiger partial charge in [0.2, 0.25) is 0 Å². The van der Waals surface area contributed by atoms with Crippen LogP contribution in [0.5, 0.6) is 5.75 Å². The van der Waals surface area contributed by atoms with Gasteiger partial charge in [-0.15, -0.1) is 0 Å². The number of anilines is 2. The fourth-order valence-corrected chi connectivity index (χ4v) is 2.12. The van der Waals surface area contributed by atoms with Crippen molar-refractivity contribution < 1.29 is 13.9 Å². The van der Waals surface area contributed by atoms with Crippen molar-refractivity contribution in [1.82, 2.24) is 0 Å². The smallest absolute Gasteiger partial charge is 0.323 e. The summed E-state index contributed by atoms with van der Waals surface area (Å²) in [7, 11) is 1.48. The molecule has 0 unspecified atom stereocenters. The van der Waals surface area contributed by atoms with Crippen molar-refractivity contribution in [3.8, 4) is 5.75 Å². The van der Waals surface area contributed by atoms with Crippen molar-refractivity contribution in [2.45, 2.75) is 6.92 Å². The standard InChI is InChI=1S/C15H13Cl2FN2O2/c1-8-5-13(14(22-2)7-10(8)16)20-15(21)19-9-3-4-12(18)11(17)6-9/h3-7H,1-2H3,(H2,19,20,21). The van der Waals surface area contributed by atoms with Gasteiger partial charge in [-0.1, -0.05) is 23.2 Å². The van der Waals surface area contributed by atoms with E-state index < -0.39 is 11.8 Å². The van der Waals surface area contributed by atoms with Gasteiger partial charge in [-0.05, 0) is 36.8 Å². The molecule has 2 amide bonds. The van der Waals surface area contributed by atoms with Gasteiger partial charge in [0.15, 0.2) is 0 Å². The van der Waals surface area contributed by atoms with Crippen molar-refractivity contribution in [2.24, 2.45) is 0 Å². The van der Waals surface area contributed by atoms with Crippen LogP contribution in [0.2, 0.25) is 10.0 Å². The molecule has 0 radical (unpaired) electrons. The van der Waals surface area contributed by atoms with Crippen LogP contribution >= 0.6 is 23.2 Å². The Bertz CT molecular complexity index is 723. The van der Waals surface area contributed by atoms with E-state index in [1.165, 1.54) is 25.3 Å². The van der Waals surface area contributed by atoms with Gasteiger partial charge in [-0.25, -0.2) is 9.18 Å². The second-order valence-corrected chi connectivity index (χ2v) is 5.32. The average Bonchev–Trinajstić information content (AvgIpc) is 2.46. The lowest BCUT2D eigenvalue weighted by molar-refractivity contribution is 0.262. The molecule has 0 aliphatic rings. The highest BCUT2D eigenvalue weighted by molar-refractivity contribution is 6.31. The molecule has 2 rings (SSSR count). The molecule has 0 fully saturated rings. The van der Waals surface area contributed by atoms with Crippen LogP contribution in [0.15, 0.2) is 30.3 Å². The van der Waals surface area contributed by atoms with Crippen molar-refractivity contribution >= 4 is 40.6 Å². The minimum Gasteiger partial charge on any atom is -0.495 e. The van der Waals surface area contributed by atoms with Crippen LogP contribution < -0.4 is 15.4 Å². The van der Waals surface area contributed by atoms with E-state index in [0.29, 0.717) is 22.1 Å². The van der Waals surface area contributed by atoms with Gasteiger partial charge < -0.3 is 15.4 Å². The maximum absolute atomic E-state index is 13.1. The van der Waals surface area contributed by atoms with Crippen LogP contribution in [0, 0.1) is 12.7 Å². The van der Waals surface area contributed by atoms with Crippen LogP contribution in [0.4, 0.5) is 20.6 Å². The molecule has 0 saturated carbocycles. The lowest BCUT2D eigenvalue weighted by Crippen LogP contribution is -2.20. The molecule has 0 aromatic heterocycles. The molecule has 0 spiro atoms. The quantitative estimate of drug-likeness (QED) is 0.815. The number of benzene rings is 2. The zero-order valence-corrected chi connectivity index (χ0v) is 13.3. The Balaban J connectivity index is 2.15. The van der Waals surface area contributed by atoms with E-state index in [1.807, 2.05) is 6.92 Å². The highest BCUT2D eigenvalue weighted by Gasteiger charge is 2.11. The number of amides is 2. The number of urea groups is 1. The van der Waals surface area contributed by atoms with Crippen LogP contribution in [-0.2, 0) is 0 Å². The molecular formula is C15H13Cl2FN2O2. The summed E-state index contributed by atoms with van der Waals surface area (Å²) in [5.74, 6) is -0.120. The summed E-state index contributed by atoms with van der Waals surface area (Å²) in [5.41, 5.74) is 1.63. The average molecular weight is 343 g/mol. The molecule has 0 aliphatic heterocycles. The third kappa shape index (κ3) is 3.81. The summed E-state index contributed by atoms with van der Waals surface area (Å²) in [5, 5.41) is 5.66. The number of aryl methyl sites for hydroxylation is 1. The molecule has 4 nitrogen and oxygen atoms in total. The molecule has 116 valence electrons. The normalized spacial score (nSPS) is 10.2. The molecular weight excluding hydrogens is 330 g/mol. The molecule has 0 aliphatic carbocycles. The Morgan fingerprint density at radius 1 is 1.14 bits per heavy atom. The minimum absolute atomic E-state index is 0.0716. The Morgan fingerprint density at radius 2 is 1.86 bits per heavy atom. The second-order valence-electron chi connectivity index (χ2n) is 4.51. The fraction of sp³-hybridized carbons (Fsp3) is 0.133. The fourth-order valence-electron chi connectivity index (χ4n) is 1.79. The topological polar surface area (TPSA) is 50.4 Å². The summed E-state index contributed by atoms with van der Waals surface area (Å²) >= 11 is 11.7. The Morgan fingerprint density at radius 3 is 2.50 bits per heavy atom. The van der Waals surface area contributed by atoms with E-state index in [4.69, 9.17) is 27.9 Å². The summed E-state index contributed by atoms with van der Waals surface area (Å²) in [4.78, 5) is 12.0. The van der Waals surface area contributed by atoms with E-state index in [0.717, 1.165) is 5.56 Å². The Labute approximate surface area is 137 Å². The molecule has 0 heterocycles. The number of carbonyl (C=O) groups excluding carboxylic acids is 1. The number of rotatable bonds is 3. The van der Waals surface area contributed by atoms with E-state index in [9.17, 15) is 9.18 Å². The zero-order valence-electron chi connectivity index (χ0n) is 11.8. The summed E-state index contributed by atoms with van der Waals surface area (Å²) in [6.07, 6.45) is 0. The predicted octanol–water partition coefficient (Wildman–Crippen LogP) is 5.09. The highest BCUT2D eigenvalue weighted by Crippen LogP contribution is 2.31. The third-order valence-corrected chi connectivity index (χ3v) is 3.60. The second kappa shape index (κ2) is 6.85. The summed E-state index contributed by atoms with van der Waals surface area (Å²) in [6.45, 7) is 1.81. The zero-order chi connectivity index (χ0) is 16.3. The minimum atomic E-state index is -0.553. The first-order valence-electron chi connectivity index (χ1n) is 6.28. The van der Waals surface area contributed by atoms with Gasteiger partial charge in [0, 0.05) is 16.8 Å². The highest BCUT2D eigenvalue weighted by atomic mass is 35.5. The van der Waals surface area contributed by atoms with Gasteiger partial charge in [0.05, 0.1) is 17.8 Å². The molecule has 2 aromatic rings. The summed E-state index contributed by atoms with van der Waals surface area (Å²) < 4.78 is 18.2. The number of carbonyl (C=O) groups is 1. The SMILES string of the molecule is COc1cc(Cl)c(C)cc1NC(=O)Nc1ccc(F)c(Cl)c1. The lowest BCUT2D eigenvalue weighted by atomic mass is 10.2. The van der Waals surface area contributed by atoms with Gasteiger partial charge >= 0.3 is 6.03 Å². The number of ether oxygens (including phenoxy) is 1. The number of nitrogens with one attached hydrogen (secondary N) is 2. The Kier molecular flexibility index (Phi) is 5.11. The summed E-state index contributed by atoms with van der Waals surface area (Å²) in [6, 6.07) is 6.69. The van der Waals surface area contributed by atoms with Crippen molar-refractivity contribution in [3.63, 3.8) is 0 Å². The van der Waals surface area contributed by atoms with Gasteiger partial charge in [0.25, 0.3) is 0 Å². The lowest BCUT2D eigenvalue weighted by Gasteiger charge is -2.13. The molecule has 2 N–H and O–H groups in total. The molecule has 22 heavy (non-hydrogen) atoms. The third-order valence-electron chi connectivity index (χ3n) is 2.91. The van der Waals surface area contributed by atoms with Crippen LogP contribution in [0.1, 0.15) is 5.56 Å². The number of halogens is 3. The maximum Gasteiger partial charge on any atom is 0.323 e. The molecule has 0 atom stereocenters. The first kappa shape index (κ1) is 16.4. The largest absolute Gasteiger partial charge is 0.495 e. The van der Waals surface area contributed by atoms with Gasteiger partial charge in [-0.3, -0.25) is 0 Å². The Hall–Kier alpha value is -1.98. The number of hydrogen-bond acceptors (Lipinski definition) is 2. The first-order valence-corrected chi connectivity index (χ1v) is 7.03. The van der Waals surface area contributed by atoms with Crippen LogP contribution in [-0.4, -0.2) is 13.1 Å². The van der Waals surface area contributed by atoms with Crippen molar-refractivity contribution in [1.29, 1.82) is 0 Å². The monoisotopic (exact) mass is 342 g/mol. The van der Waals surface area contributed by atoms with Crippen LogP contribution in [0.3, 0.4) is 0 Å². The van der Waals surface area contributed by atoms with Crippen molar-refractivity contribution in [3.05, 3.63) is 51.8 Å². The molecule has 2 aromatic carbocycles. The van der Waals surface area contributed by atoms with E-state index in [2.05, 4.69) is 10.6 Å². The van der Waals surface area contributed by atoms with Gasteiger partial charge in [-0.2, -0.15) is 0 Å².